The number of hydrogen-bond donors (Lipinski definition) is 0. The molecular weight excluding hydrogens is 353 g/mol. The van der Waals surface area contributed by atoms with Gasteiger partial charge in [-0.1, -0.05) is 42.1 Å². The largest absolute Gasteiger partial charge is 0.454 e. The summed E-state index contributed by atoms with van der Waals surface area (Å²) in [5, 5.41) is 0.474. The van der Waals surface area contributed by atoms with E-state index < -0.39 is 24.2 Å². The number of nitrogens with zero attached hydrogens (tertiary/aromatic N) is 1. The number of Topliss-reactive ketones (excluding diaryl/α,β-unsaturated/α-hetero) is 1. The van der Waals surface area contributed by atoms with Crippen LogP contribution < -0.4 is 0 Å². The van der Waals surface area contributed by atoms with E-state index in [4.69, 9.17) is 4.74 Å². The first-order valence-electron chi connectivity index (χ1n) is 7.78. The SMILES string of the molecule is O=C(COC(=O)c1cccnc1Sc1ccccc1)c1ccccc1F. The second-order valence-electron chi connectivity index (χ2n) is 5.25. The van der Waals surface area contributed by atoms with Crippen LogP contribution in [0, 0.1) is 5.82 Å². The molecule has 0 saturated carbocycles. The zero-order valence-electron chi connectivity index (χ0n) is 13.6. The van der Waals surface area contributed by atoms with Crippen molar-refractivity contribution in [2.75, 3.05) is 6.61 Å². The highest BCUT2D eigenvalue weighted by molar-refractivity contribution is 7.99. The minimum Gasteiger partial charge on any atom is -0.454 e. The van der Waals surface area contributed by atoms with E-state index in [-0.39, 0.29) is 11.1 Å². The summed E-state index contributed by atoms with van der Waals surface area (Å²) in [6, 6.07) is 18.2. The number of ether oxygens (including phenoxy) is 1. The van der Waals surface area contributed by atoms with Gasteiger partial charge in [-0.3, -0.25) is 4.79 Å². The van der Waals surface area contributed by atoms with Gasteiger partial charge in [-0.05, 0) is 36.4 Å². The number of halogens is 1. The van der Waals surface area contributed by atoms with E-state index >= 15 is 0 Å². The molecule has 1 aromatic heterocycles. The van der Waals surface area contributed by atoms with Crippen LogP contribution in [0.3, 0.4) is 0 Å². The molecule has 130 valence electrons. The summed E-state index contributed by atoms with van der Waals surface area (Å²) in [4.78, 5) is 29.5. The van der Waals surface area contributed by atoms with Crippen molar-refractivity contribution in [3.63, 3.8) is 0 Å². The molecule has 0 aliphatic carbocycles. The molecular formula is C20H14FNO3S. The van der Waals surface area contributed by atoms with Crippen molar-refractivity contribution in [2.24, 2.45) is 0 Å². The predicted molar refractivity (Wildman–Crippen MR) is 95.8 cm³/mol. The van der Waals surface area contributed by atoms with Crippen molar-refractivity contribution in [1.29, 1.82) is 0 Å². The average Bonchev–Trinajstić information content (AvgIpc) is 2.67. The third-order valence-corrected chi connectivity index (χ3v) is 4.48. The minimum absolute atomic E-state index is 0.106. The van der Waals surface area contributed by atoms with Crippen molar-refractivity contribution in [2.45, 2.75) is 9.92 Å². The summed E-state index contributed by atoms with van der Waals surface area (Å²) in [5.41, 5.74) is 0.146. The number of esters is 1. The van der Waals surface area contributed by atoms with Gasteiger partial charge >= 0.3 is 5.97 Å². The highest BCUT2D eigenvalue weighted by Crippen LogP contribution is 2.28. The normalized spacial score (nSPS) is 10.3. The van der Waals surface area contributed by atoms with Crippen LogP contribution in [-0.2, 0) is 4.74 Å². The Morgan fingerprint density at radius 2 is 1.62 bits per heavy atom. The van der Waals surface area contributed by atoms with E-state index in [1.165, 1.54) is 30.0 Å². The van der Waals surface area contributed by atoms with E-state index in [2.05, 4.69) is 4.98 Å². The average molecular weight is 367 g/mol. The molecule has 0 amide bonds. The van der Waals surface area contributed by atoms with Crippen molar-refractivity contribution < 1.29 is 18.7 Å². The van der Waals surface area contributed by atoms with E-state index in [1.54, 1.807) is 24.4 Å². The first-order chi connectivity index (χ1) is 12.6. The van der Waals surface area contributed by atoms with Crippen molar-refractivity contribution >= 4 is 23.5 Å². The van der Waals surface area contributed by atoms with Crippen LogP contribution in [0.25, 0.3) is 0 Å². The quantitative estimate of drug-likeness (QED) is 0.477. The van der Waals surface area contributed by atoms with E-state index in [9.17, 15) is 14.0 Å². The maximum atomic E-state index is 13.6. The Balaban J connectivity index is 1.70. The van der Waals surface area contributed by atoms with Crippen LogP contribution in [0.5, 0.6) is 0 Å². The summed E-state index contributed by atoms with van der Waals surface area (Å²) < 4.78 is 18.7. The fraction of sp³-hybridized carbons (Fsp3) is 0.0500. The Kier molecular flexibility index (Phi) is 5.76. The van der Waals surface area contributed by atoms with Gasteiger partial charge in [0.2, 0.25) is 5.78 Å². The van der Waals surface area contributed by atoms with Gasteiger partial charge in [0.25, 0.3) is 0 Å². The minimum atomic E-state index is -0.679. The molecule has 2 aromatic carbocycles. The number of benzene rings is 2. The van der Waals surface area contributed by atoms with Gasteiger partial charge in [0, 0.05) is 11.1 Å². The second-order valence-corrected chi connectivity index (χ2v) is 6.31. The van der Waals surface area contributed by atoms with Gasteiger partial charge < -0.3 is 4.74 Å². The van der Waals surface area contributed by atoms with Gasteiger partial charge in [0.15, 0.2) is 6.61 Å². The predicted octanol–water partition coefficient (Wildman–Crippen LogP) is 4.41. The molecule has 0 fully saturated rings. The van der Waals surface area contributed by atoms with E-state index in [0.29, 0.717) is 5.03 Å². The smallest absolute Gasteiger partial charge is 0.341 e. The highest BCUT2D eigenvalue weighted by Gasteiger charge is 2.18. The van der Waals surface area contributed by atoms with Crippen LogP contribution in [0.2, 0.25) is 0 Å². The molecule has 3 rings (SSSR count). The maximum Gasteiger partial charge on any atom is 0.341 e. The zero-order chi connectivity index (χ0) is 18.4. The molecule has 0 unspecified atom stereocenters. The number of pyridine rings is 1. The molecule has 0 bridgehead atoms. The molecule has 0 atom stereocenters. The zero-order valence-corrected chi connectivity index (χ0v) is 14.4. The summed E-state index contributed by atoms with van der Waals surface area (Å²) in [5.74, 6) is -1.92. The Bertz CT molecular complexity index is 931. The van der Waals surface area contributed by atoms with Gasteiger partial charge in [-0.25, -0.2) is 14.2 Å². The molecule has 6 heteroatoms. The molecule has 0 radical (unpaired) electrons. The fourth-order valence-electron chi connectivity index (χ4n) is 2.20. The Labute approximate surface area is 154 Å². The number of carbonyl (C=O) groups is 2. The van der Waals surface area contributed by atoms with Crippen LogP contribution in [0.15, 0.2) is 82.8 Å². The van der Waals surface area contributed by atoms with Gasteiger partial charge in [-0.2, -0.15) is 0 Å². The molecule has 0 N–H and O–H groups in total. The summed E-state index contributed by atoms with van der Waals surface area (Å²) in [6.45, 7) is -0.538. The third kappa shape index (κ3) is 4.34. The standard InChI is InChI=1S/C20H14FNO3S/c21-17-11-5-4-9-15(17)18(23)13-25-20(24)16-10-6-12-22-19(16)26-14-7-2-1-3-8-14/h1-12H,13H2. The molecule has 0 spiro atoms. The summed E-state index contributed by atoms with van der Waals surface area (Å²) in [7, 11) is 0. The van der Waals surface area contributed by atoms with Crippen molar-refractivity contribution in [3.05, 3.63) is 89.9 Å². The van der Waals surface area contributed by atoms with Crippen LogP contribution in [-0.4, -0.2) is 23.3 Å². The summed E-state index contributed by atoms with van der Waals surface area (Å²) >= 11 is 1.32. The molecule has 3 aromatic rings. The number of rotatable bonds is 6. The Morgan fingerprint density at radius 1 is 0.923 bits per heavy atom. The van der Waals surface area contributed by atoms with Crippen molar-refractivity contribution in [1.82, 2.24) is 4.98 Å². The van der Waals surface area contributed by atoms with Crippen LogP contribution in [0.4, 0.5) is 4.39 Å². The lowest BCUT2D eigenvalue weighted by atomic mass is 10.1. The first kappa shape index (κ1) is 17.8. The highest BCUT2D eigenvalue weighted by atomic mass is 32.2. The monoisotopic (exact) mass is 367 g/mol. The first-order valence-corrected chi connectivity index (χ1v) is 8.59. The van der Waals surface area contributed by atoms with Crippen LogP contribution >= 0.6 is 11.8 Å². The third-order valence-electron chi connectivity index (χ3n) is 3.46. The second kappa shape index (κ2) is 8.40. The molecule has 1 heterocycles. The summed E-state index contributed by atoms with van der Waals surface area (Å²) in [6.07, 6.45) is 1.58. The molecule has 0 aliphatic rings. The van der Waals surface area contributed by atoms with Gasteiger partial charge in [0.05, 0.1) is 11.1 Å². The lowest BCUT2D eigenvalue weighted by molar-refractivity contribution is 0.0469. The molecule has 4 nitrogen and oxygen atoms in total. The maximum absolute atomic E-state index is 13.6. The lowest BCUT2D eigenvalue weighted by Gasteiger charge is -2.08. The number of hydrogen-bond acceptors (Lipinski definition) is 5. The lowest BCUT2D eigenvalue weighted by Crippen LogP contribution is -2.16. The van der Waals surface area contributed by atoms with E-state index in [0.717, 1.165) is 4.90 Å². The van der Waals surface area contributed by atoms with Gasteiger partial charge in [0.1, 0.15) is 10.8 Å². The molecule has 0 aliphatic heterocycles. The fourth-order valence-corrected chi connectivity index (χ4v) is 3.09. The molecule has 0 saturated heterocycles. The van der Waals surface area contributed by atoms with Gasteiger partial charge in [-0.15, -0.1) is 0 Å². The molecule has 26 heavy (non-hydrogen) atoms. The van der Waals surface area contributed by atoms with Crippen LogP contribution in [0.1, 0.15) is 20.7 Å². The van der Waals surface area contributed by atoms with E-state index in [1.807, 2.05) is 30.3 Å². The van der Waals surface area contributed by atoms with Crippen molar-refractivity contribution in [3.8, 4) is 0 Å². The number of aromatic nitrogens is 1. The number of carbonyl (C=O) groups excluding carboxylic acids is 2. The Hall–Kier alpha value is -2.99. The topological polar surface area (TPSA) is 56.3 Å². The Morgan fingerprint density at radius 3 is 2.38 bits per heavy atom. The number of ketones is 1.